The minimum atomic E-state index is -0.650. The van der Waals surface area contributed by atoms with Crippen molar-refractivity contribution in [1.29, 1.82) is 0 Å². The second-order valence-electron chi connectivity index (χ2n) is 6.93. The Balaban J connectivity index is 2.34. The van der Waals surface area contributed by atoms with Gasteiger partial charge in [0.25, 0.3) is 5.56 Å². The van der Waals surface area contributed by atoms with E-state index in [9.17, 15) is 19.4 Å². The number of rotatable bonds is 6. The summed E-state index contributed by atoms with van der Waals surface area (Å²) < 4.78 is 15.1. The lowest BCUT2D eigenvalue weighted by atomic mass is 10.0. The van der Waals surface area contributed by atoms with Crippen LogP contribution in [0.5, 0.6) is 0 Å². The van der Waals surface area contributed by atoms with Crippen LogP contribution in [0.4, 0.5) is 10.3 Å². The lowest BCUT2D eigenvalue weighted by Gasteiger charge is -2.19. The van der Waals surface area contributed by atoms with Crippen LogP contribution in [0.2, 0.25) is 0 Å². The summed E-state index contributed by atoms with van der Waals surface area (Å²) in [5, 5.41) is 22.3. The first-order valence-corrected chi connectivity index (χ1v) is 9.03. The summed E-state index contributed by atoms with van der Waals surface area (Å²) in [4.78, 5) is 21.4. The van der Waals surface area contributed by atoms with Crippen molar-refractivity contribution in [3.63, 3.8) is 0 Å². The molecule has 0 atom stereocenters. The van der Waals surface area contributed by atoms with Gasteiger partial charge in [-0.3, -0.25) is 9.36 Å². The molecule has 0 aliphatic rings. The molecule has 0 bridgehead atoms. The van der Waals surface area contributed by atoms with E-state index in [0.29, 0.717) is 27.9 Å². The average molecular weight is 386 g/mol. The predicted molar refractivity (Wildman–Crippen MR) is 106 cm³/mol. The molecular formula is C20H23FN4O3. The predicted octanol–water partition coefficient (Wildman–Crippen LogP) is 2.25. The normalized spacial score (nSPS) is 11.6. The van der Waals surface area contributed by atoms with Crippen molar-refractivity contribution >= 4 is 17.0 Å². The van der Waals surface area contributed by atoms with Gasteiger partial charge in [-0.1, -0.05) is 0 Å². The van der Waals surface area contributed by atoms with Crippen molar-refractivity contribution in [1.82, 2.24) is 14.5 Å². The Morgan fingerprint density at radius 2 is 1.86 bits per heavy atom. The van der Waals surface area contributed by atoms with Gasteiger partial charge >= 0.3 is 0 Å². The van der Waals surface area contributed by atoms with Gasteiger partial charge in [0.05, 0.1) is 24.9 Å². The zero-order valence-electron chi connectivity index (χ0n) is 16.0. The van der Waals surface area contributed by atoms with Gasteiger partial charge in [0.2, 0.25) is 5.95 Å². The van der Waals surface area contributed by atoms with Crippen LogP contribution in [0.3, 0.4) is 0 Å². The number of hydrogen-bond acceptors (Lipinski definition) is 6. The molecule has 0 radical (unpaired) electrons. The van der Waals surface area contributed by atoms with E-state index < -0.39 is 6.04 Å². The molecule has 0 aliphatic heterocycles. The summed E-state index contributed by atoms with van der Waals surface area (Å²) in [7, 11) is 0. The number of halogens is 1. The number of anilines is 1. The molecule has 0 fully saturated rings. The first-order chi connectivity index (χ1) is 13.3. The SMILES string of the molecule is Cc1cc(F)ccc1-c1nc(NC(CO)CO)nc2c1ccc(=O)n2C(C)C. The topological polar surface area (TPSA) is 100 Å². The van der Waals surface area contributed by atoms with Crippen molar-refractivity contribution in [3.05, 3.63) is 52.1 Å². The Bertz CT molecular complexity index is 1060. The zero-order valence-corrected chi connectivity index (χ0v) is 16.0. The highest BCUT2D eigenvalue weighted by Crippen LogP contribution is 2.30. The molecule has 3 rings (SSSR count). The van der Waals surface area contributed by atoms with Crippen LogP contribution in [-0.4, -0.2) is 44.0 Å². The number of aromatic nitrogens is 3. The summed E-state index contributed by atoms with van der Waals surface area (Å²) in [6.45, 7) is 4.91. The number of benzene rings is 1. The zero-order chi connectivity index (χ0) is 20.4. The fourth-order valence-corrected chi connectivity index (χ4v) is 3.13. The van der Waals surface area contributed by atoms with E-state index in [2.05, 4.69) is 15.3 Å². The van der Waals surface area contributed by atoms with E-state index in [1.54, 1.807) is 23.6 Å². The van der Waals surface area contributed by atoms with Gasteiger partial charge in [-0.25, -0.2) is 9.37 Å². The van der Waals surface area contributed by atoms with Gasteiger partial charge in [-0.05, 0) is 50.6 Å². The third-order valence-electron chi connectivity index (χ3n) is 4.52. The summed E-state index contributed by atoms with van der Waals surface area (Å²) in [5.74, 6) is -0.183. The maximum Gasteiger partial charge on any atom is 0.252 e. The number of fused-ring (bicyclic) bond motifs is 1. The van der Waals surface area contributed by atoms with E-state index in [0.717, 1.165) is 0 Å². The van der Waals surface area contributed by atoms with E-state index in [4.69, 9.17) is 0 Å². The summed E-state index contributed by atoms with van der Waals surface area (Å²) in [6, 6.07) is 6.73. The highest BCUT2D eigenvalue weighted by molar-refractivity contribution is 5.92. The molecule has 8 heteroatoms. The van der Waals surface area contributed by atoms with Crippen molar-refractivity contribution in [2.75, 3.05) is 18.5 Å². The van der Waals surface area contributed by atoms with E-state index in [1.807, 2.05) is 13.8 Å². The molecule has 0 unspecified atom stereocenters. The van der Waals surface area contributed by atoms with Crippen LogP contribution in [0.25, 0.3) is 22.3 Å². The molecule has 3 N–H and O–H groups in total. The third kappa shape index (κ3) is 3.74. The van der Waals surface area contributed by atoms with Crippen molar-refractivity contribution in [3.8, 4) is 11.3 Å². The van der Waals surface area contributed by atoms with E-state index in [-0.39, 0.29) is 36.6 Å². The second-order valence-corrected chi connectivity index (χ2v) is 6.93. The van der Waals surface area contributed by atoms with Gasteiger partial charge in [0.15, 0.2) is 0 Å². The number of pyridine rings is 1. The maximum atomic E-state index is 13.6. The van der Waals surface area contributed by atoms with Gasteiger partial charge in [-0.15, -0.1) is 0 Å². The number of nitrogens with one attached hydrogen (secondary N) is 1. The number of aliphatic hydroxyl groups excluding tert-OH is 2. The highest BCUT2D eigenvalue weighted by Gasteiger charge is 2.18. The molecule has 0 spiro atoms. The minimum absolute atomic E-state index is 0.146. The third-order valence-corrected chi connectivity index (χ3v) is 4.52. The molecule has 0 amide bonds. The quantitative estimate of drug-likeness (QED) is 0.601. The monoisotopic (exact) mass is 386 g/mol. The molecular weight excluding hydrogens is 363 g/mol. The van der Waals surface area contributed by atoms with Crippen molar-refractivity contribution in [2.45, 2.75) is 32.9 Å². The molecule has 7 nitrogen and oxygen atoms in total. The lowest BCUT2D eigenvalue weighted by Crippen LogP contribution is -2.29. The molecule has 2 aromatic heterocycles. The Kier molecular flexibility index (Phi) is 5.71. The summed E-state index contributed by atoms with van der Waals surface area (Å²) in [6.07, 6.45) is 0. The van der Waals surface area contributed by atoms with Crippen LogP contribution >= 0.6 is 0 Å². The van der Waals surface area contributed by atoms with Crippen LogP contribution in [0, 0.1) is 12.7 Å². The molecule has 148 valence electrons. The second kappa shape index (κ2) is 8.04. The molecule has 0 saturated heterocycles. The fraction of sp³-hybridized carbons (Fsp3) is 0.350. The van der Waals surface area contributed by atoms with E-state index >= 15 is 0 Å². The molecule has 1 aromatic carbocycles. The molecule has 2 heterocycles. The Labute approximate surface area is 161 Å². The Hall–Kier alpha value is -2.84. The Morgan fingerprint density at radius 3 is 2.46 bits per heavy atom. The average Bonchev–Trinajstić information content (AvgIpc) is 2.65. The highest BCUT2D eigenvalue weighted by atomic mass is 19.1. The smallest absolute Gasteiger partial charge is 0.252 e. The number of nitrogens with zero attached hydrogens (tertiary/aromatic N) is 3. The van der Waals surface area contributed by atoms with Crippen LogP contribution in [0.15, 0.2) is 35.1 Å². The van der Waals surface area contributed by atoms with Crippen molar-refractivity contribution in [2.24, 2.45) is 0 Å². The van der Waals surface area contributed by atoms with Crippen LogP contribution < -0.4 is 10.9 Å². The number of aliphatic hydroxyl groups is 2. The van der Waals surface area contributed by atoms with Gasteiger partial charge in [0.1, 0.15) is 11.5 Å². The van der Waals surface area contributed by atoms with Gasteiger partial charge in [-0.2, -0.15) is 4.98 Å². The van der Waals surface area contributed by atoms with Crippen LogP contribution in [0.1, 0.15) is 25.5 Å². The van der Waals surface area contributed by atoms with Gasteiger partial charge < -0.3 is 15.5 Å². The minimum Gasteiger partial charge on any atom is -0.394 e. The number of hydrogen-bond donors (Lipinski definition) is 3. The standard InChI is InChI=1S/C20H23FN4O3/c1-11(2)25-17(28)7-6-16-18(15-5-4-13(21)8-12(15)3)23-20(24-19(16)25)22-14(9-26)10-27/h4-8,11,14,26-27H,9-10H2,1-3H3,(H,22,23,24). The molecule has 0 saturated carbocycles. The van der Waals surface area contributed by atoms with Gasteiger partial charge in [0, 0.05) is 23.1 Å². The lowest BCUT2D eigenvalue weighted by molar-refractivity contribution is 0.203. The largest absolute Gasteiger partial charge is 0.394 e. The summed E-state index contributed by atoms with van der Waals surface area (Å²) in [5.41, 5.74) is 2.15. The molecule has 3 aromatic rings. The number of aryl methyl sites for hydroxylation is 1. The maximum absolute atomic E-state index is 13.6. The molecule has 28 heavy (non-hydrogen) atoms. The summed E-state index contributed by atoms with van der Waals surface area (Å²) >= 11 is 0. The first-order valence-electron chi connectivity index (χ1n) is 9.03. The first kappa shape index (κ1) is 19.9. The van der Waals surface area contributed by atoms with Crippen LogP contribution in [-0.2, 0) is 0 Å². The van der Waals surface area contributed by atoms with E-state index in [1.165, 1.54) is 18.2 Å². The molecule has 0 aliphatic carbocycles. The fourth-order valence-electron chi connectivity index (χ4n) is 3.13. The Morgan fingerprint density at radius 1 is 1.14 bits per heavy atom. The van der Waals surface area contributed by atoms with Crippen molar-refractivity contribution < 1.29 is 14.6 Å².